The van der Waals surface area contributed by atoms with Crippen LogP contribution >= 0.6 is 0 Å². The van der Waals surface area contributed by atoms with Crippen molar-refractivity contribution in [1.29, 1.82) is 0 Å². The molecule has 0 spiro atoms. The lowest BCUT2D eigenvalue weighted by Crippen LogP contribution is -2.33. The summed E-state index contributed by atoms with van der Waals surface area (Å²) in [5.74, 6) is -0.577. The molecule has 2 aliphatic rings. The molecule has 7 nitrogen and oxygen atoms in total. The number of halogens is 1. The lowest BCUT2D eigenvalue weighted by molar-refractivity contribution is -0.119. The van der Waals surface area contributed by atoms with Crippen molar-refractivity contribution in [2.75, 3.05) is 18.0 Å². The van der Waals surface area contributed by atoms with Crippen molar-refractivity contribution >= 4 is 29.3 Å². The average molecular weight is 370 g/mol. The third-order valence-corrected chi connectivity index (χ3v) is 4.75. The number of carbonyl (C=O) groups excluding carboxylic acids is 2. The van der Waals surface area contributed by atoms with Crippen molar-refractivity contribution in [3.8, 4) is 0 Å². The lowest BCUT2D eigenvalue weighted by Gasteiger charge is -2.18. The number of aryl methyl sites for hydroxylation is 1. The Morgan fingerprint density at radius 3 is 3.07 bits per heavy atom. The third-order valence-electron chi connectivity index (χ3n) is 4.75. The van der Waals surface area contributed by atoms with Gasteiger partial charge in [-0.2, -0.15) is 0 Å². The van der Waals surface area contributed by atoms with Gasteiger partial charge in [0.25, 0.3) is 0 Å². The van der Waals surface area contributed by atoms with Gasteiger partial charge in [0.15, 0.2) is 0 Å². The standard InChI is InChI=1S/C19H19FN4O3/c1-12(25)22-9-16-10-24(19(26)27-16)14-2-3-17(18(20)7-14)13-4-5-23-11-21-8-15(23)6-13/h2-3,6-8,11,16H,4-5,9-10H2,1H3,(H,22,25)/t16-/m0/s1. The number of hydrogen-bond donors (Lipinski definition) is 1. The number of rotatable bonds is 4. The van der Waals surface area contributed by atoms with Crippen LogP contribution in [0.15, 0.2) is 30.7 Å². The number of fused-ring (bicyclic) bond motifs is 1. The van der Waals surface area contributed by atoms with Crippen LogP contribution < -0.4 is 10.2 Å². The minimum atomic E-state index is -0.543. The maximum absolute atomic E-state index is 14.8. The number of amides is 2. The summed E-state index contributed by atoms with van der Waals surface area (Å²) in [5, 5.41) is 2.62. The predicted molar refractivity (Wildman–Crippen MR) is 97.4 cm³/mol. The van der Waals surface area contributed by atoms with E-state index in [-0.39, 0.29) is 24.8 Å². The van der Waals surface area contributed by atoms with Crippen LogP contribution in [0, 0.1) is 5.82 Å². The van der Waals surface area contributed by atoms with Crippen molar-refractivity contribution < 1.29 is 18.7 Å². The minimum Gasteiger partial charge on any atom is -0.442 e. The molecule has 0 radical (unpaired) electrons. The molecule has 1 aromatic heterocycles. The highest BCUT2D eigenvalue weighted by molar-refractivity contribution is 5.90. The number of imidazole rings is 1. The molecule has 1 fully saturated rings. The molecule has 140 valence electrons. The fourth-order valence-electron chi connectivity index (χ4n) is 3.37. The first-order chi connectivity index (χ1) is 13.0. The number of nitrogens with one attached hydrogen (secondary N) is 1. The molecular formula is C19H19FN4O3. The summed E-state index contributed by atoms with van der Waals surface area (Å²) in [6, 6.07) is 4.76. The van der Waals surface area contributed by atoms with E-state index in [0.29, 0.717) is 17.7 Å². The highest BCUT2D eigenvalue weighted by Gasteiger charge is 2.32. The quantitative estimate of drug-likeness (QED) is 0.897. The molecule has 27 heavy (non-hydrogen) atoms. The molecule has 0 aliphatic carbocycles. The Kier molecular flexibility index (Phi) is 4.39. The van der Waals surface area contributed by atoms with E-state index in [1.807, 2.05) is 10.6 Å². The molecule has 4 rings (SSSR count). The summed E-state index contributed by atoms with van der Waals surface area (Å²) < 4.78 is 22.0. The summed E-state index contributed by atoms with van der Waals surface area (Å²) in [6.45, 7) is 2.65. The third kappa shape index (κ3) is 3.42. The molecular weight excluding hydrogens is 351 g/mol. The number of ether oxygens (including phenoxy) is 1. The first-order valence-electron chi connectivity index (χ1n) is 8.74. The van der Waals surface area contributed by atoms with Gasteiger partial charge in [-0.1, -0.05) is 0 Å². The van der Waals surface area contributed by atoms with Crippen LogP contribution in [0.1, 0.15) is 24.6 Å². The van der Waals surface area contributed by atoms with Crippen molar-refractivity contribution in [3.05, 3.63) is 47.8 Å². The van der Waals surface area contributed by atoms with E-state index in [1.54, 1.807) is 24.7 Å². The maximum Gasteiger partial charge on any atom is 0.414 e. The minimum absolute atomic E-state index is 0.193. The van der Waals surface area contributed by atoms with Crippen LogP contribution in [0.25, 0.3) is 11.6 Å². The average Bonchev–Trinajstić information content (AvgIpc) is 3.25. The van der Waals surface area contributed by atoms with Crippen molar-refractivity contribution in [3.63, 3.8) is 0 Å². The summed E-state index contributed by atoms with van der Waals surface area (Å²) >= 11 is 0. The van der Waals surface area contributed by atoms with Crippen molar-refractivity contribution in [2.45, 2.75) is 26.0 Å². The fourth-order valence-corrected chi connectivity index (χ4v) is 3.37. The Labute approximate surface area is 155 Å². The molecule has 2 aliphatic heterocycles. The highest BCUT2D eigenvalue weighted by atomic mass is 19.1. The Hall–Kier alpha value is -3.16. The summed E-state index contributed by atoms with van der Waals surface area (Å²) in [7, 11) is 0. The molecule has 0 saturated carbocycles. The molecule has 2 amide bonds. The van der Waals surface area contributed by atoms with Crippen LogP contribution in [-0.2, 0) is 16.1 Å². The zero-order chi connectivity index (χ0) is 19.0. The van der Waals surface area contributed by atoms with Gasteiger partial charge < -0.3 is 14.6 Å². The topological polar surface area (TPSA) is 76.5 Å². The number of carbonyl (C=O) groups is 2. The van der Waals surface area contributed by atoms with E-state index in [4.69, 9.17) is 4.74 Å². The number of nitrogens with zero attached hydrogens (tertiary/aromatic N) is 3. The number of aromatic nitrogens is 2. The van der Waals surface area contributed by atoms with Gasteiger partial charge in [-0.3, -0.25) is 9.69 Å². The monoisotopic (exact) mass is 370 g/mol. The SMILES string of the molecule is CC(=O)NC[C@H]1CN(c2ccc(C3=Cc4cncn4CC3)c(F)c2)C(=O)O1. The number of cyclic esters (lactones) is 1. The molecule has 1 saturated heterocycles. The van der Waals surface area contributed by atoms with Crippen LogP contribution in [0.4, 0.5) is 14.9 Å². The fraction of sp³-hybridized carbons (Fsp3) is 0.316. The van der Waals surface area contributed by atoms with Crippen molar-refractivity contribution in [1.82, 2.24) is 14.9 Å². The normalized spacial score (nSPS) is 18.7. The van der Waals surface area contributed by atoms with E-state index >= 15 is 0 Å². The first-order valence-corrected chi connectivity index (χ1v) is 8.74. The number of anilines is 1. The molecule has 3 heterocycles. The van der Waals surface area contributed by atoms with Crippen LogP contribution in [0.3, 0.4) is 0 Å². The lowest BCUT2D eigenvalue weighted by atomic mass is 9.98. The van der Waals surface area contributed by atoms with Gasteiger partial charge in [-0.15, -0.1) is 0 Å². The Morgan fingerprint density at radius 2 is 2.30 bits per heavy atom. The van der Waals surface area contributed by atoms with Crippen LogP contribution in [-0.4, -0.2) is 40.7 Å². The van der Waals surface area contributed by atoms with Gasteiger partial charge in [0, 0.05) is 19.0 Å². The molecule has 2 aromatic rings. The molecule has 0 bridgehead atoms. The first kappa shape index (κ1) is 17.3. The van der Waals surface area contributed by atoms with Gasteiger partial charge in [-0.05, 0) is 36.3 Å². The van der Waals surface area contributed by atoms with Gasteiger partial charge >= 0.3 is 6.09 Å². The highest BCUT2D eigenvalue weighted by Crippen LogP contribution is 2.31. The van der Waals surface area contributed by atoms with Gasteiger partial charge in [0.2, 0.25) is 5.91 Å². The predicted octanol–water partition coefficient (Wildman–Crippen LogP) is 2.43. The van der Waals surface area contributed by atoms with Gasteiger partial charge in [0.1, 0.15) is 11.9 Å². The van der Waals surface area contributed by atoms with Gasteiger partial charge in [0.05, 0.1) is 37.0 Å². The number of hydrogen-bond acceptors (Lipinski definition) is 4. The summed E-state index contributed by atoms with van der Waals surface area (Å²) in [5.41, 5.74) is 2.81. The summed E-state index contributed by atoms with van der Waals surface area (Å²) in [6.07, 6.45) is 5.16. The van der Waals surface area contributed by atoms with Crippen molar-refractivity contribution in [2.24, 2.45) is 0 Å². The van der Waals surface area contributed by atoms with E-state index in [1.165, 1.54) is 17.9 Å². The number of allylic oxidation sites excluding steroid dienone is 1. The number of benzene rings is 1. The van der Waals surface area contributed by atoms with Crippen LogP contribution in [0.5, 0.6) is 0 Å². The van der Waals surface area contributed by atoms with E-state index in [0.717, 1.165) is 17.8 Å². The Morgan fingerprint density at radius 1 is 1.44 bits per heavy atom. The van der Waals surface area contributed by atoms with E-state index in [2.05, 4.69) is 10.3 Å². The van der Waals surface area contributed by atoms with E-state index in [9.17, 15) is 14.0 Å². The smallest absolute Gasteiger partial charge is 0.414 e. The molecule has 1 aromatic carbocycles. The van der Waals surface area contributed by atoms with E-state index < -0.39 is 12.2 Å². The molecule has 0 unspecified atom stereocenters. The second-order valence-corrected chi connectivity index (χ2v) is 6.65. The zero-order valence-electron chi connectivity index (χ0n) is 14.8. The summed E-state index contributed by atoms with van der Waals surface area (Å²) in [4.78, 5) is 28.6. The maximum atomic E-state index is 14.8. The Bertz CT molecular complexity index is 937. The second kappa shape index (κ2) is 6.86. The zero-order valence-corrected chi connectivity index (χ0v) is 14.8. The second-order valence-electron chi connectivity index (χ2n) is 6.65. The molecule has 1 atom stereocenters. The van der Waals surface area contributed by atoms with Gasteiger partial charge in [-0.25, -0.2) is 14.2 Å². The molecule has 1 N–H and O–H groups in total. The molecule has 8 heteroatoms. The van der Waals surface area contributed by atoms with Crippen LogP contribution in [0.2, 0.25) is 0 Å². The Balaban J connectivity index is 1.53. The largest absolute Gasteiger partial charge is 0.442 e.